The third-order valence-electron chi connectivity index (χ3n) is 4.26. The van der Waals surface area contributed by atoms with Crippen LogP contribution in [0.1, 0.15) is 24.2 Å². The number of aromatic nitrogens is 2. The lowest BCUT2D eigenvalue weighted by Crippen LogP contribution is -2.38. The molecule has 0 unspecified atom stereocenters. The molecule has 0 saturated heterocycles. The van der Waals surface area contributed by atoms with E-state index in [9.17, 15) is 14.3 Å². The second kappa shape index (κ2) is 7.80. The van der Waals surface area contributed by atoms with E-state index in [1.165, 1.54) is 24.5 Å². The highest BCUT2D eigenvalue weighted by molar-refractivity contribution is 6.32. The Kier molecular flexibility index (Phi) is 5.58. The van der Waals surface area contributed by atoms with Crippen molar-refractivity contribution in [2.45, 2.75) is 19.4 Å². The highest BCUT2D eigenvalue weighted by Crippen LogP contribution is 2.31. The van der Waals surface area contributed by atoms with Gasteiger partial charge in [0.2, 0.25) is 0 Å². The molecular weight excluding hydrogens is 381 g/mol. The standard InChI is InChI=1S/C19H19BF2N4O3/c1-19(2,8-27)29-25-18(28)11-7-14-17(23-9-26(14)3)15(22)16(11)24-13-5-4-10(20)6-12(13)21/h4-7,9,24,27H,8H2,1-3H3,(H,25,28). The van der Waals surface area contributed by atoms with Crippen LogP contribution in [0.2, 0.25) is 0 Å². The van der Waals surface area contributed by atoms with E-state index in [0.717, 1.165) is 6.07 Å². The molecule has 3 rings (SSSR count). The van der Waals surface area contributed by atoms with Crippen molar-refractivity contribution in [3.8, 4) is 0 Å². The van der Waals surface area contributed by atoms with Crippen molar-refractivity contribution in [2.75, 3.05) is 11.9 Å². The molecule has 3 N–H and O–H groups in total. The topological polar surface area (TPSA) is 88.4 Å². The highest BCUT2D eigenvalue weighted by Gasteiger charge is 2.25. The van der Waals surface area contributed by atoms with Gasteiger partial charge in [0.15, 0.2) is 5.82 Å². The number of hydrogen-bond acceptors (Lipinski definition) is 5. The number of hydroxylamine groups is 1. The van der Waals surface area contributed by atoms with Gasteiger partial charge in [-0.05, 0) is 32.0 Å². The quantitative estimate of drug-likeness (QED) is 0.434. The third kappa shape index (κ3) is 4.23. The summed E-state index contributed by atoms with van der Waals surface area (Å²) >= 11 is 0. The number of amides is 1. The minimum Gasteiger partial charge on any atom is -0.393 e. The first-order valence-electron chi connectivity index (χ1n) is 8.68. The van der Waals surface area contributed by atoms with E-state index in [4.69, 9.17) is 12.7 Å². The van der Waals surface area contributed by atoms with Gasteiger partial charge in [-0.3, -0.25) is 9.63 Å². The van der Waals surface area contributed by atoms with E-state index in [1.807, 2.05) is 0 Å². The monoisotopic (exact) mass is 400 g/mol. The zero-order chi connectivity index (χ0) is 21.3. The molecule has 2 aromatic carbocycles. The van der Waals surface area contributed by atoms with Crippen molar-refractivity contribution in [2.24, 2.45) is 7.05 Å². The van der Waals surface area contributed by atoms with Crippen molar-refractivity contribution in [3.05, 3.63) is 47.8 Å². The lowest BCUT2D eigenvalue weighted by molar-refractivity contribution is -0.0956. The van der Waals surface area contributed by atoms with Crippen LogP contribution in [0.25, 0.3) is 11.0 Å². The van der Waals surface area contributed by atoms with Crippen LogP contribution in [0, 0.1) is 11.6 Å². The number of nitrogens with zero attached hydrogens (tertiary/aromatic N) is 2. The molecule has 0 aliphatic carbocycles. The fraction of sp³-hybridized carbons (Fsp3) is 0.263. The molecule has 1 aromatic heterocycles. The normalized spacial score (nSPS) is 11.7. The maximum absolute atomic E-state index is 15.2. The first kappa shape index (κ1) is 20.8. The predicted octanol–water partition coefficient (Wildman–Crippen LogP) is 1.82. The van der Waals surface area contributed by atoms with Crippen LogP contribution in [0.4, 0.5) is 20.2 Å². The SMILES string of the molecule is [B]c1ccc(Nc2c(C(=O)NOC(C)(C)CO)cc3c(ncn3C)c2F)c(F)c1. The van der Waals surface area contributed by atoms with Crippen molar-refractivity contribution in [1.29, 1.82) is 0 Å². The summed E-state index contributed by atoms with van der Waals surface area (Å²) in [5, 5.41) is 11.9. The second-order valence-corrected chi connectivity index (χ2v) is 7.15. The summed E-state index contributed by atoms with van der Waals surface area (Å²) < 4.78 is 31.0. The number of anilines is 2. The van der Waals surface area contributed by atoms with Crippen LogP contribution < -0.4 is 16.3 Å². The number of rotatable bonds is 6. The summed E-state index contributed by atoms with van der Waals surface area (Å²) in [7, 11) is 7.19. The fourth-order valence-electron chi connectivity index (χ4n) is 2.56. The van der Waals surface area contributed by atoms with Gasteiger partial charge in [0, 0.05) is 7.05 Å². The van der Waals surface area contributed by atoms with E-state index in [2.05, 4.69) is 15.8 Å². The number of nitrogens with one attached hydrogen (secondary N) is 2. The Morgan fingerprint density at radius 2 is 2.07 bits per heavy atom. The van der Waals surface area contributed by atoms with Crippen molar-refractivity contribution in [1.82, 2.24) is 15.0 Å². The Morgan fingerprint density at radius 1 is 1.34 bits per heavy atom. The Labute approximate surface area is 167 Å². The number of imidazole rings is 1. The Morgan fingerprint density at radius 3 is 2.72 bits per heavy atom. The number of hydrogen-bond donors (Lipinski definition) is 3. The number of fused-ring (bicyclic) bond motifs is 1. The maximum atomic E-state index is 15.2. The summed E-state index contributed by atoms with van der Waals surface area (Å²) in [5.74, 6) is -2.33. The van der Waals surface area contributed by atoms with Gasteiger partial charge in [-0.15, -0.1) is 0 Å². The van der Waals surface area contributed by atoms with E-state index >= 15 is 4.39 Å². The van der Waals surface area contributed by atoms with Crippen molar-refractivity contribution < 1.29 is 23.5 Å². The fourth-order valence-corrected chi connectivity index (χ4v) is 2.56. The second-order valence-electron chi connectivity index (χ2n) is 7.15. The van der Waals surface area contributed by atoms with E-state index in [1.54, 1.807) is 25.5 Å². The van der Waals surface area contributed by atoms with Crippen LogP contribution in [-0.2, 0) is 11.9 Å². The van der Waals surface area contributed by atoms with E-state index in [-0.39, 0.29) is 34.5 Å². The smallest absolute Gasteiger partial charge is 0.277 e. The zero-order valence-electron chi connectivity index (χ0n) is 16.1. The lowest BCUT2D eigenvalue weighted by Gasteiger charge is -2.22. The van der Waals surface area contributed by atoms with Gasteiger partial charge in [0.25, 0.3) is 5.91 Å². The molecule has 7 nitrogen and oxygen atoms in total. The average molecular weight is 400 g/mol. The molecule has 0 saturated carbocycles. The number of carbonyl (C=O) groups excluding carboxylic acids is 1. The third-order valence-corrected chi connectivity index (χ3v) is 4.26. The molecule has 0 spiro atoms. The lowest BCUT2D eigenvalue weighted by atomic mass is 9.96. The van der Waals surface area contributed by atoms with E-state index in [0.29, 0.717) is 5.52 Å². The van der Waals surface area contributed by atoms with Gasteiger partial charge >= 0.3 is 0 Å². The molecule has 150 valence electrons. The summed E-state index contributed by atoms with van der Waals surface area (Å²) in [5.41, 5.74) is 1.23. The highest BCUT2D eigenvalue weighted by atomic mass is 19.1. The van der Waals surface area contributed by atoms with Crippen molar-refractivity contribution in [3.63, 3.8) is 0 Å². The minimum absolute atomic E-state index is 0.0130. The molecule has 0 aliphatic heterocycles. The molecule has 2 radical (unpaired) electrons. The number of aliphatic hydroxyl groups is 1. The molecule has 0 bridgehead atoms. The van der Waals surface area contributed by atoms with Crippen LogP contribution in [0.15, 0.2) is 30.6 Å². The average Bonchev–Trinajstić information content (AvgIpc) is 3.05. The molecule has 10 heteroatoms. The molecule has 0 aliphatic rings. The Balaban J connectivity index is 2.07. The first-order valence-corrected chi connectivity index (χ1v) is 8.68. The van der Waals surface area contributed by atoms with Gasteiger partial charge in [0.05, 0.1) is 35.4 Å². The molecule has 3 aromatic rings. The van der Waals surface area contributed by atoms with Crippen LogP contribution in [0.3, 0.4) is 0 Å². The van der Waals surface area contributed by atoms with Crippen LogP contribution in [0.5, 0.6) is 0 Å². The number of aryl methyl sites for hydroxylation is 1. The number of halogens is 2. The molecule has 0 atom stereocenters. The zero-order valence-corrected chi connectivity index (χ0v) is 16.1. The van der Waals surface area contributed by atoms with Gasteiger partial charge < -0.3 is 15.0 Å². The van der Waals surface area contributed by atoms with Crippen LogP contribution in [-0.4, -0.2) is 40.6 Å². The van der Waals surface area contributed by atoms with E-state index < -0.39 is 23.1 Å². The summed E-state index contributed by atoms with van der Waals surface area (Å²) in [4.78, 5) is 21.9. The molecule has 1 heterocycles. The minimum atomic E-state index is -1.05. The van der Waals surface area contributed by atoms with Gasteiger partial charge in [-0.1, -0.05) is 11.5 Å². The molecular formula is C19H19BF2N4O3. The Bertz CT molecular complexity index is 1080. The van der Waals surface area contributed by atoms with Crippen molar-refractivity contribution >= 4 is 41.6 Å². The molecule has 29 heavy (non-hydrogen) atoms. The maximum Gasteiger partial charge on any atom is 0.277 e. The summed E-state index contributed by atoms with van der Waals surface area (Å²) in [6, 6.07) is 5.26. The molecule has 1 amide bonds. The molecule has 0 fully saturated rings. The number of benzene rings is 2. The predicted molar refractivity (Wildman–Crippen MR) is 105 cm³/mol. The van der Waals surface area contributed by atoms with Crippen LogP contribution >= 0.6 is 0 Å². The summed E-state index contributed by atoms with van der Waals surface area (Å²) in [6.07, 6.45) is 1.40. The number of carbonyl (C=O) groups is 1. The number of aliphatic hydroxyl groups excluding tert-OH is 1. The largest absolute Gasteiger partial charge is 0.393 e. The summed E-state index contributed by atoms with van der Waals surface area (Å²) in [6.45, 7) is 2.76. The van der Waals surface area contributed by atoms with Gasteiger partial charge in [-0.25, -0.2) is 19.2 Å². The Hall–Kier alpha value is -2.98. The first-order chi connectivity index (χ1) is 13.6. The van der Waals surface area contributed by atoms with Gasteiger partial charge in [0.1, 0.15) is 24.8 Å². The van der Waals surface area contributed by atoms with Gasteiger partial charge in [-0.2, -0.15) is 0 Å².